The Balaban J connectivity index is 2.05. The number of rotatable bonds is 4. The van der Waals surface area contributed by atoms with Crippen LogP contribution >= 0.6 is 11.6 Å². The third kappa shape index (κ3) is 2.84. The fourth-order valence-corrected chi connectivity index (χ4v) is 2.56. The van der Waals surface area contributed by atoms with Crippen LogP contribution in [-0.4, -0.2) is 11.5 Å². The van der Waals surface area contributed by atoms with Gasteiger partial charge in [0.05, 0.1) is 0 Å². The SMILES string of the molecule is NCCc1c(Cl)cccc1Oc1cccc2cccnc12. The Labute approximate surface area is 128 Å². The van der Waals surface area contributed by atoms with E-state index in [1.165, 1.54) is 0 Å². The molecule has 106 valence electrons. The lowest BCUT2D eigenvalue weighted by molar-refractivity contribution is 0.480. The number of para-hydroxylation sites is 1. The highest BCUT2D eigenvalue weighted by molar-refractivity contribution is 6.31. The number of hydrogen-bond donors (Lipinski definition) is 1. The zero-order valence-corrected chi connectivity index (χ0v) is 12.2. The second kappa shape index (κ2) is 6.12. The van der Waals surface area contributed by atoms with Crippen molar-refractivity contribution in [2.24, 2.45) is 5.73 Å². The molecule has 0 atom stereocenters. The highest BCUT2D eigenvalue weighted by atomic mass is 35.5. The van der Waals surface area contributed by atoms with Gasteiger partial charge in [-0.1, -0.05) is 35.9 Å². The van der Waals surface area contributed by atoms with E-state index in [0.29, 0.717) is 23.7 Å². The van der Waals surface area contributed by atoms with E-state index in [4.69, 9.17) is 22.1 Å². The van der Waals surface area contributed by atoms with Crippen LogP contribution in [0.15, 0.2) is 54.7 Å². The lowest BCUT2D eigenvalue weighted by Crippen LogP contribution is -2.04. The van der Waals surface area contributed by atoms with Crippen molar-refractivity contribution in [1.29, 1.82) is 0 Å². The summed E-state index contributed by atoms with van der Waals surface area (Å²) in [5.74, 6) is 1.44. The predicted molar refractivity (Wildman–Crippen MR) is 86.0 cm³/mol. The molecule has 2 aromatic carbocycles. The molecule has 0 bridgehead atoms. The second-order valence-electron chi connectivity index (χ2n) is 4.69. The van der Waals surface area contributed by atoms with Crippen molar-refractivity contribution in [3.05, 3.63) is 65.3 Å². The molecule has 0 aliphatic heterocycles. The lowest BCUT2D eigenvalue weighted by atomic mass is 10.1. The van der Waals surface area contributed by atoms with Crippen molar-refractivity contribution in [3.63, 3.8) is 0 Å². The molecule has 4 heteroatoms. The second-order valence-corrected chi connectivity index (χ2v) is 5.10. The van der Waals surface area contributed by atoms with Crippen LogP contribution in [0, 0.1) is 0 Å². The Hall–Kier alpha value is -2.10. The van der Waals surface area contributed by atoms with Crippen LogP contribution in [0.1, 0.15) is 5.56 Å². The summed E-state index contributed by atoms with van der Waals surface area (Å²) in [5, 5.41) is 1.71. The van der Waals surface area contributed by atoms with E-state index >= 15 is 0 Å². The minimum Gasteiger partial charge on any atom is -0.455 e. The van der Waals surface area contributed by atoms with E-state index in [-0.39, 0.29) is 0 Å². The molecule has 2 N–H and O–H groups in total. The molecule has 0 spiro atoms. The van der Waals surface area contributed by atoms with Crippen LogP contribution in [0.5, 0.6) is 11.5 Å². The first-order chi connectivity index (χ1) is 10.3. The molecule has 3 rings (SSSR count). The molecule has 1 aromatic heterocycles. The molecular formula is C17H15ClN2O. The fraction of sp³-hybridized carbons (Fsp3) is 0.118. The summed E-state index contributed by atoms with van der Waals surface area (Å²) in [6.45, 7) is 0.522. The summed E-state index contributed by atoms with van der Waals surface area (Å²) in [5.41, 5.74) is 7.41. The molecule has 0 fully saturated rings. The number of aromatic nitrogens is 1. The van der Waals surface area contributed by atoms with Crippen LogP contribution < -0.4 is 10.5 Å². The van der Waals surface area contributed by atoms with Crippen molar-refractivity contribution in [2.45, 2.75) is 6.42 Å². The van der Waals surface area contributed by atoms with Gasteiger partial charge in [-0.15, -0.1) is 0 Å². The van der Waals surface area contributed by atoms with Gasteiger partial charge in [-0.05, 0) is 37.2 Å². The maximum absolute atomic E-state index is 6.24. The first kappa shape index (κ1) is 13.9. The maximum Gasteiger partial charge on any atom is 0.153 e. The topological polar surface area (TPSA) is 48.1 Å². The van der Waals surface area contributed by atoms with Gasteiger partial charge >= 0.3 is 0 Å². The van der Waals surface area contributed by atoms with E-state index < -0.39 is 0 Å². The number of halogens is 1. The van der Waals surface area contributed by atoms with Gasteiger partial charge in [0.15, 0.2) is 5.75 Å². The lowest BCUT2D eigenvalue weighted by Gasteiger charge is -2.13. The summed E-state index contributed by atoms with van der Waals surface area (Å²) in [6.07, 6.45) is 2.43. The van der Waals surface area contributed by atoms with Crippen LogP contribution in [0.2, 0.25) is 5.02 Å². The number of hydrogen-bond acceptors (Lipinski definition) is 3. The summed E-state index contributed by atoms with van der Waals surface area (Å²) in [4.78, 5) is 4.39. The van der Waals surface area contributed by atoms with Gasteiger partial charge in [-0.3, -0.25) is 4.98 Å². The van der Waals surface area contributed by atoms with Crippen molar-refractivity contribution >= 4 is 22.5 Å². The number of nitrogens with zero attached hydrogens (tertiary/aromatic N) is 1. The Morgan fingerprint density at radius 2 is 1.76 bits per heavy atom. The third-order valence-electron chi connectivity index (χ3n) is 3.29. The number of nitrogens with two attached hydrogens (primary N) is 1. The van der Waals surface area contributed by atoms with E-state index in [1.54, 1.807) is 6.20 Å². The summed E-state index contributed by atoms with van der Waals surface area (Å²) < 4.78 is 6.05. The largest absolute Gasteiger partial charge is 0.455 e. The first-order valence-electron chi connectivity index (χ1n) is 6.78. The van der Waals surface area contributed by atoms with Gasteiger partial charge in [0.2, 0.25) is 0 Å². The molecule has 0 unspecified atom stereocenters. The van der Waals surface area contributed by atoms with Gasteiger partial charge in [-0.2, -0.15) is 0 Å². The number of ether oxygens (including phenoxy) is 1. The monoisotopic (exact) mass is 298 g/mol. The van der Waals surface area contributed by atoms with E-state index in [9.17, 15) is 0 Å². The van der Waals surface area contributed by atoms with Gasteiger partial charge in [0.1, 0.15) is 11.3 Å². The van der Waals surface area contributed by atoms with E-state index in [0.717, 1.165) is 22.2 Å². The molecule has 0 aliphatic carbocycles. The quantitative estimate of drug-likeness (QED) is 0.786. The molecule has 3 aromatic rings. The smallest absolute Gasteiger partial charge is 0.153 e. The fourth-order valence-electron chi connectivity index (χ4n) is 2.30. The summed E-state index contributed by atoms with van der Waals surface area (Å²) >= 11 is 6.24. The molecule has 21 heavy (non-hydrogen) atoms. The van der Waals surface area contributed by atoms with Gasteiger partial charge in [0.25, 0.3) is 0 Å². The van der Waals surface area contributed by atoms with E-state index in [1.807, 2.05) is 48.5 Å². The molecule has 0 saturated carbocycles. The number of fused-ring (bicyclic) bond motifs is 1. The average Bonchev–Trinajstić information content (AvgIpc) is 2.51. The van der Waals surface area contributed by atoms with Crippen LogP contribution in [0.4, 0.5) is 0 Å². The van der Waals surface area contributed by atoms with Gasteiger partial charge < -0.3 is 10.5 Å². The maximum atomic E-state index is 6.24. The minimum atomic E-state index is 0.522. The molecule has 3 nitrogen and oxygen atoms in total. The normalized spacial score (nSPS) is 10.8. The molecule has 0 radical (unpaired) electrons. The standard InChI is InChI=1S/C17H15ClN2O/c18-14-6-2-7-15(13(14)9-10-19)21-16-8-1-4-12-5-3-11-20-17(12)16/h1-8,11H,9-10,19H2. The predicted octanol–water partition coefficient (Wildman–Crippen LogP) is 4.18. The average molecular weight is 299 g/mol. The van der Waals surface area contributed by atoms with Crippen molar-refractivity contribution in [2.75, 3.05) is 6.54 Å². The Morgan fingerprint density at radius 3 is 2.62 bits per heavy atom. The van der Waals surface area contributed by atoms with Crippen LogP contribution in [0.3, 0.4) is 0 Å². The molecule has 1 heterocycles. The number of benzene rings is 2. The van der Waals surface area contributed by atoms with Crippen LogP contribution in [-0.2, 0) is 6.42 Å². The zero-order chi connectivity index (χ0) is 14.7. The zero-order valence-electron chi connectivity index (χ0n) is 11.4. The third-order valence-corrected chi connectivity index (χ3v) is 3.64. The van der Waals surface area contributed by atoms with Crippen molar-refractivity contribution in [1.82, 2.24) is 4.98 Å². The van der Waals surface area contributed by atoms with Crippen LogP contribution in [0.25, 0.3) is 10.9 Å². The highest BCUT2D eigenvalue weighted by Gasteiger charge is 2.10. The molecule has 0 amide bonds. The Morgan fingerprint density at radius 1 is 1.00 bits per heavy atom. The number of pyridine rings is 1. The highest BCUT2D eigenvalue weighted by Crippen LogP contribution is 2.33. The van der Waals surface area contributed by atoms with E-state index in [2.05, 4.69) is 4.98 Å². The molecule has 0 aliphatic rings. The Bertz CT molecular complexity index is 768. The molecule has 0 saturated heterocycles. The van der Waals surface area contributed by atoms with Crippen molar-refractivity contribution < 1.29 is 4.74 Å². The Kier molecular flexibility index (Phi) is 4.04. The minimum absolute atomic E-state index is 0.522. The first-order valence-corrected chi connectivity index (χ1v) is 7.16. The molecular weight excluding hydrogens is 284 g/mol. The van der Waals surface area contributed by atoms with Gasteiger partial charge in [-0.25, -0.2) is 0 Å². The van der Waals surface area contributed by atoms with Gasteiger partial charge in [0, 0.05) is 22.2 Å². The summed E-state index contributed by atoms with van der Waals surface area (Å²) in [7, 11) is 0. The van der Waals surface area contributed by atoms with Crippen molar-refractivity contribution in [3.8, 4) is 11.5 Å². The summed E-state index contributed by atoms with van der Waals surface area (Å²) in [6, 6.07) is 15.4.